The minimum absolute atomic E-state index is 0.0317. The van der Waals surface area contributed by atoms with Gasteiger partial charge in [0, 0.05) is 29.7 Å². The molecule has 1 saturated heterocycles. The third-order valence-corrected chi connectivity index (χ3v) is 6.96. The lowest BCUT2D eigenvalue weighted by molar-refractivity contribution is -0.384. The first-order valence-electron chi connectivity index (χ1n) is 11.6. The second-order valence-electron chi connectivity index (χ2n) is 8.76. The molecule has 4 aromatic rings. The largest absolute Gasteiger partial charge is 0.506 e. The van der Waals surface area contributed by atoms with Crippen LogP contribution < -0.4 is 15.0 Å². The van der Waals surface area contributed by atoms with Gasteiger partial charge < -0.3 is 24.6 Å². The van der Waals surface area contributed by atoms with Gasteiger partial charge in [-0.25, -0.2) is 0 Å². The van der Waals surface area contributed by atoms with Gasteiger partial charge in [-0.3, -0.25) is 15.1 Å². The van der Waals surface area contributed by atoms with Gasteiger partial charge in [-0.05, 0) is 68.0 Å². The third-order valence-electron chi connectivity index (χ3n) is 6.64. The molecule has 2 N–H and O–H groups in total. The van der Waals surface area contributed by atoms with Crippen LogP contribution in [-0.4, -0.2) is 31.8 Å². The number of thiocarbonyl (C=S) groups is 1. The number of para-hydroxylation sites is 2. The molecule has 2 atom stereocenters. The summed E-state index contributed by atoms with van der Waals surface area (Å²) >= 11 is 5.77. The molecule has 1 aliphatic heterocycles. The molecule has 1 fully saturated rings. The van der Waals surface area contributed by atoms with Crippen molar-refractivity contribution in [2.75, 3.05) is 12.0 Å². The van der Waals surface area contributed by atoms with E-state index in [4.69, 9.17) is 17.0 Å². The number of nitro benzene ring substituents is 1. The highest BCUT2D eigenvalue weighted by molar-refractivity contribution is 7.80. The van der Waals surface area contributed by atoms with Crippen LogP contribution >= 0.6 is 12.2 Å². The van der Waals surface area contributed by atoms with Crippen LogP contribution in [-0.2, 0) is 0 Å². The molecular weight excluding hydrogens is 490 g/mol. The fraction of sp³-hybridized carbons (Fsp3) is 0.185. The summed E-state index contributed by atoms with van der Waals surface area (Å²) < 4.78 is 7.51. The van der Waals surface area contributed by atoms with Crippen LogP contribution in [0.2, 0.25) is 0 Å². The number of non-ortho nitro benzene ring substituents is 1. The summed E-state index contributed by atoms with van der Waals surface area (Å²) in [6.45, 7) is 3.90. The molecule has 3 heterocycles. The van der Waals surface area contributed by atoms with E-state index in [2.05, 4.69) is 10.3 Å². The fourth-order valence-electron chi connectivity index (χ4n) is 5.02. The van der Waals surface area contributed by atoms with E-state index in [-0.39, 0.29) is 23.5 Å². The van der Waals surface area contributed by atoms with Gasteiger partial charge in [0.1, 0.15) is 11.5 Å². The van der Waals surface area contributed by atoms with Gasteiger partial charge in [0.25, 0.3) is 5.69 Å². The minimum Gasteiger partial charge on any atom is -0.506 e. The molecule has 0 saturated carbocycles. The quantitative estimate of drug-likeness (QED) is 0.203. The predicted octanol–water partition coefficient (Wildman–Crippen LogP) is 5.29. The number of hydrogen-bond donors (Lipinski definition) is 2. The number of aryl methyl sites for hydroxylation is 1. The van der Waals surface area contributed by atoms with Crippen LogP contribution in [0.1, 0.15) is 34.7 Å². The molecule has 2 aromatic carbocycles. The second kappa shape index (κ2) is 9.55. The smallest absolute Gasteiger partial charge is 0.271 e. The van der Waals surface area contributed by atoms with Crippen LogP contribution in [0.15, 0.2) is 72.9 Å². The monoisotopic (exact) mass is 515 g/mol. The van der Waals surface area contributed by atoms with Crippen molar-refractivity contribution in [3.8, 4) is 17.2 Å². The summed E-state index contributed by atoms with van der Waals surface area (Å²) in [7, 11) is 1.54. The Morgan fingerprint density at radius 1 is 1.08 bits per heavy atom. The van der Waals surface area contributed by atoms with E-state index in [9.17, 15) is 15.2 Å². The highest BCUT2D eigenvalue weighted by atomic mass is 32.1. The standard InChI is InChI=1S/C27H25N5O4S/c1-16-14-19(17(2)30(16)22-15-18(32(34)35)11-12-24(22)36-3)26-25(20-8-6-7-13-28-20)29-27(37)31(26)21-9-4-5-10-23(21)33/h4-15,25-26,33H,1-3H3,(H,29,37)/t25-,26-/m1/s1. The number of phenolic OH excluding ortho intramolecular Hbond substituents is 1. The van der Waals surface area contributed by atoms with Crippen LogP contribution in [0.5, 0.6) is 11.5 Å². The van der Waals surface area contributed by atoms with Crippen molar-refractivity contribution in [1.82, 2.24) is 14.9 Å². The molecule has 0 unspecified atom stereocenters. The number of anilines is 1. The number of nitrogens with zero attached hydrogens (tertiary/aromatic N) is 4. The number of pyridine rings is 1. The zero-order valence-electron chi connectivity index (χ0n) is 20.5. The number of hydrogen-bond acceptors (Lipinski definition) is 6. The lowest BCUT2D eigenvalue weighted by Crippen LogP contribution is -2.29. The summed E-state index contributed by atoms with van der Waals surface area (Å²) in [4.78, 5) is 17.6. The van der Waals surface area contributed by atoms with Crippen LogP contribution in [0, 0.1) is 24.0 Å². The van der Waals surface area contributed by atoms with Crippen molar-refractivity contribution in [3.63, 3.8) is 0 Å². The number of methoxy groups -OCH3 is 1. The molecule has 0 amide bonds. The molecule has 37 heavy (non-hydrogen) atoms. The second-order valence-corrected chi connectivity index (χ2v) is 9.15. The van der Waals surface area contributed by atoms with Crippen molar-refractivity contribution in [2.24, 2.45) is 0 Å². The summed E-state index contributed by atoms with van der Waals surface area (Å²) in [6.07, 6.45) is 1.73. The number of ether oxygens (including phenoxy) is 1. The van der Waals surface area contributed by atoms with E-state index in [0.29, 0.717) is 22.2 Å². The SMILES string of the molecule is COc1ccc([N+](=O)[O-])cc1-n1c(C)cc([C@@H]2[C@@H](c3ccccn3)NC(=S)N2c2ccccc2O)c1C. The molecular formula is C27H25N5O4S. The molecule has 0 aliphatic carbocycles. The highest BCUT2D eigenvalue weighted by Crippen LogP contribution is 2.46. The van der Waals surface area contributed by atoms with E-state index < -0.39 is 4.92 Å². The van der Waals surface area contributed by atoms with Crippen molar-refractivity contribution in [2.45, 2.75) is 25.9 Å². The maximum Gasteiger partial charge on any atom is 0.271 e. The fourth-order valence-corrected chi connectivity index (χ4v) is 5.36. The van der Waals surface area contributed by atoms with Crippen LogP contribution in [0.3, 0.4) is 0 Å². The van der Waals surface area contributed by atoms with E-state index in [1.807, 2.05) is 59.7 Å². The Kier molecular flexibility index (Phi) is 6.26. The van der Waals surface area contributed by atoms with Gasteiger partial charge in [-0.15, -0.1) is 0 Å². The van der Waals surface area contributed by atoms with E-state index >= 15 is 0 Å². The van der Waals surface area contributed by atoms with E-state index in [0.717, 1.165) is 22.6 Å². The van der Waals surface area contributed by atoms with Gasteiger partial charge in [-0.1, -0.05) is 18.2 Å². The van der Waals surface area contributed by atoms with E-state index in [1.165, 1.54) is 19.2 Å². The predicted molar refractivity (Wildman–Crippen MR) is 144 cm³/mol. The van der Waals surface area contributed by atoms with Gasteiger partial charge in [0.2, 0.25) is 0 Å². The number of aromatic nitrogens is 2. The maximum absolute atomic E-state index is 11.5. The zero-order chi connectivity index (χ0) is 26.3. The average Bonchev–Trinajstić information content (AvgIpc) is 3.39. The summed E-state index contributed by atoms with van der Waals surface area (Å²) in [5.74, 6) is 0.616. The minimum atomic E-state index is -0.422. The lowest BCUT2D eigenvalue weighted by atomic mass is 9.96. The molecule has 0 bridgehead atoms. The van der Waals surface area contributed by atoms with Crippen LogP contribution in [0.4, 0.5) is 11.4 Å². The van der Waals surface area contributed by atoms with Crippen molar-refractivity contribution >= 4 is 28.7 Å². The molecule has 2 aromatic heterocycles. The van der Waals surface area contributed by atoms with Crippen molar-refractivity contribution in [3.05, 3.63) is 106 Å². The lowest BCUT2D eigenvalue weighted by Gasteiger charge is -2.28. The van der Waals surface area contributed by atoms with Gasteiger partial charge >= 0.3 is 0 Å². The Labute approximate surface area is 219 Å². The summed E-state index contributed by atoms with van der Waals surface area (Å²) in [5, 5.41) is 26.1. The Balaban J connectivity index is 1.72. The normalized spacial score (nSPS) is 17.1. The first-order valence-corrected chi connectivity index (χ1v) is 12.0. The summed E-state index contributed by atoms with van der Waals surface area (Å²) in [6, 6.07) is 18.7. The molecule has 0 radical (unpaired) electrons. The Bertz CT molecular complexity index is 1500. The molecule has 5 rings (SSSR count). The average molecular weight is 516 g/mol. The molecule has 9 nitrogen and oxygen atoms in total. The van der Waals surface area contributed by atoms with Gasteiger partial charge in [-0.2, -0.15) is 0 Å². The first kappa shape index (κ1) is 24.3. The number of benzene rings is 2. The number of nitro groups is 1. The molecule has 1 aliphatic rings. The van der Waals surface area contributed by atoms with Crippen LogP contribution in [0.25, 0.3) is 5.69 Å². The first-order chi connectivity index (χ1) is 17.8. The number of aromatic hydroxyl groups is 1. The van der Waals surface area contributed by atoms with E-state index in [1.54, 1.807) is 24.4 Å². The molecule has 10 heteroatoms. The zero-order valence-corrected chi connectivity index (χ0v) is 21.3. The number of nitrogens with one attached hydrogen (secondary N) is 1. The van der Waals surface area contributed by atoms with Gasteiger partial charge in [0.05, 0.1) is 41.2 Å². The van der Waals surface area contributed by atoms with Crippen molar-refractivity contribution < 1.29 is 14.8 Å². The third kappa shape index (κ3) is 4.15. The molecule has 188 valence electrons. The topological polar surface area (TPSA) is 106 Å². The highest BCUT2D eigenvalue weighted by Gasteiger charge is 2.43. The molecule has 0 spiro atoms. The Morgan fingerprint density at radius 2 is 1.84 bits per heavy atom. The Hall–Kier alpha value is -4.44. The number of rotatable bonds is 6. The summed E-state index contributed by atoms with van der Waals surface area (Å²) in [5.41, 5.74) is 4.55. The number of phenols is 1. The maximum atomic E-state index is 11.5. The van der Waals surface area contributed by atoms with Crippen molar-refractivity contribution in [1.29, 1.82) is 0 Å². The van der Waals surface area contributed by atoms with Gasteiger partial charge in [0.15, 0.2) is 5.11 Å². The Morgan fingerprint density at radius 3 is 2.51 bits per heavy atom.